The zero-order valence-electron chi connectivity index (χ0n) is 9.44. The molecule has 0 saturated carbocycles. The highest BCUT2D eigenvalue weighted by Crippen LogP contribution is 2.09. The van der Waals surface area contributed by atoms with E-state index in [4.69, 9.17) is 5.73 Å². The van der Waals surface area contributed by atoms with Gasteiger partial charge in [-0.05, 0) is 37.2 Å². The minimum Gasteiger partial charge on any atom is -0.330 e. The van der Waals surface area contributed by atoms with Crippen molar-refractivity contribution in [2.24, 2.45) is 5.73 Å². The third-order valence-corrected chi connectivity index (χ3v) is 3.37. The number of hydrogen-bond acceptors (Lipinski definition) is 4. The minimum absolute atomic E-state index is 0.359. The van der Waals surface area contributed by atoms with Gasteiger partial charge in [-0.1, -0.05) is 12.1 Å². The average Bonchev–Trinajstić information content (AvgIpc) is 2.24. The second-order valence-electron chi connectivity index (χ2n) is 3.74. The van der Waals surface area contributed by atoms with Gasteiger partial charge < -0.3 is 11.1 Å². The molecular formula is C11H18N2O2S. The van der Waals surface area contributed by atoms with E-state index in [0.717, 1.165) is 25.1 Å². The second kappa shape index (κ2) is 5.98. The first-order valence-electron chi connectivity index (χ1n) is 5.24. The van der Waals surface area contributed by atoms with Gasteiger partial charge in [-0.3, -0.25) is 0 Å². The van der Waals surface area contributed by atoms with Gasteiger partial charge in [0.25, 0.3) is 0 Å². The van der Waals surface area contributed by atoms with Crippen LogP contribution in [0.1, 0.15) is 12.0 Å². The van der Waals surface area contributed by atoms with Crippen molar-refractivity contribution < 1.29 is 8.42 Å². The molecular weight excluding hydrogens is 224 g/mol. The molecule has 90 valence electrons. The first-order valence-corrected chi connectivity index (χ1v) is 7.13. The lowest BCUT2D eigenvalue weighted by Gasteiger charge is -2.04. The fourth-order valence-electron chi connectivity index (χ4n) is 1.31. The second-order valence-corrected chi connectivity index (χ2v) is 5.75. The summed E-state index contributed by atoms with van der Waals surface area (Å²) < 4.78 is 22.4. The van der Waals surface area contributed by atoms with Gasteiger partial charge in [-0.25, -0.2) is 8.42 Å². The van der Waals surface area contributed by atoms with E-state index in [9.17, 15) is 8.42 Å². The fraction of sp³-hybridized carbons (Fsp3) is 0.455. The van der Waals surface area contributed by atoms with Gasteiger partial charge in [-0.15, -0.1) is 0 Å². The van der Waals surface area contributed by atoms with Gasteiger partial charge in [0.15, 0.2) is 9.84 Å². The van der Waals surface area contributed by atoms with Crippen molar-refractivity contribution in [2.45, 2.75) is 17.9 Å². The van der Waals surface area contributed by atoms with E-state index in [-0.39, 0.29) is 0 Å². The lowest BCUT2D eigenvalue weighted by atomic mass is 10.2. The summed E-state index contributed by atoms with van der Waals surface area (Å²) in [6.07, 6.45) is 2.16. The maximum absolute atomic E-state index is 11.2. The molecule has 0 bridgehead atoms. The highest BCUT2D eigenvalue weighted by atomic mass is 32.2. The molecule has 0 fully saturated rings. The predicted molar refractivity (Wildman–Crippen MR) is 64.9 cm³/mol. The molecule has 5 heteroatoms. The van der Waals surface area contributed by atoms with Crippen molar-refractivity contribution in [3.05, 3.63) is 29.8 Å². The van der Waals surface area contributed by atoms with Crippen molar-refractivity contribution >= 4 is 9.84 Å². The SMILES string of the molecule is CS(=O)(=O)c1ccc(CNCCCN)cc1. The third-order valence-electron chi connectivity index (χ3n) is 2.24. The maximum Gasteiger partial charge on any atom is 0.175 e. The summed E-state index contributed by atoms with van der Waals surface area (Å²) in [6.45, 7) is 2.30. The Morgan fingerprint density at radius 2 is 1.88 bits per heavy atom. The lowest BCUT2D eigenvalue weighted by Crippen LogP contribution is -2.17. The Kier molecular flexibility index (Phi) is 4.92. The molecule has 1 aromatic rings. The molecule has 16 heavy (non-hydrogen) atoms. The molecule has 1 aromatic carbocycles. The molecule has 0 heterocycles. The average molecular weight is 242 g/mol. The Morgan fingerprint density at radius 3 is 2.38 bits per heavy atom. The van der Waals surface area contributed by atoms with Crippen LogP contribution >= 0.6 is 0 Å². The zero-order valence-corrected chi connectivity index (χ0v) is 10.3. The highest BCUT2D eigenvalue weighted by Gasteiger charge is 2.05. The Morgan fingerprint density at radius 1 is 1.25 bits per heavy atom. The molecule has 0 aliphatic carbocycles. The van der Waals surface area contributed by atoms with Gasteiger partial charge in [0.05, 0.1) is 4.90 Å². The van der Waals surface area contributed by atoms with Gasteiger partial charge >= 0.3 is 0 Å². The van der Waals surface area contributed by atoms with E-state index < -0.39 is 9.84 Å². The van der Waals surface area contributed by atoms with E-state index in [1.807, 2.05) is 12.1 Å². The summed E-state index contributed by atoms with van der Waals surface area (Å²) in [7, 11) is -3.09. The van der Waals surface area contributed by atoms with Crippen molar-refractivity contribution in [3.8, 4) is 0 Å². The quantitative estimate of drug-likeness (QED) is 0.714. The molecule has 4 nitrogen and oxygen atoms in total. The molecule has 0 atom stereocenters. The monoisotopic (exact) mass is 242 g/mol. The van der Waals surface area contributed by atoms with Crippen molar-refractivity contribution in [1.82, 2.24) is 5.32 Å². The van der Waals surface area contributed by atoms with E-state index in [1.165, 1.54) is 6.26 Å². The van der Waals surface area contributed by atoms with Crippen LogP contribution < -0.4 is 11.1 Å². The molecule has 3 N–H and O–H groups in total. The van der Waals surface area contributed by atoms with Crippen molar-refractivity contribution in [3.63, 3.8) is 0 Å². The Bertz CT molecular complexity index is 412. The highest BCUT2D eigenvalue weighted by molar-refractivity contribution is 7.90. The largest absolute Gasteiger partial charge is 0.330 e. The van der Waals surface area contributed by atoms with Crippen LogP contribution in [-0.4, -0.2) is 27.8 Å². The van der Waals surface area contributed by atoms with Gasteiger partial charge in [0.2, 0.25) is 0 Å². The Balaban J connectivity index is 2.52. The minimum atomic E-state index is -3.09. The number of sulfone groups is 1. The molecule has 0 aliphatic heterocycles. The van der Waals surface area contributed by atoms with Crippen LogP contribution in [0.4, 0.5) is 0 Å². The maximum atomic E-state index is 11.2. The zero-order chi connectivity index (χ0) is 12.0. The van der Waals surface area contributed by atoms with Crippen LogP contribution in [0.15, 0.2) is 29.2 Å². The Hall–Kier alpha value is -0.910. The van der Waals surface area contributed by atoms with Gasteiger partial charge in [-0.2, -0.15) is 0 Å². The summed E-state index contributed by atoms with van der Waals surface area (Å²) in [5.74, 6) is 0. The lowest BCUT2D eigenvalue weighted by molar-refractivity contribution is 0.601. The van der Waals surface area contributed by atoms with Gasteiger partial charge in [0.1, 0.15) is 0 Å². The topological polar surface area (TPSA) is 72.2 Å². The van der Waals surface area contributed by atoms with Crippen LogP contribution in [0.5, 0.6) is 0 Å². The number of rotatable bonds is 6. The van der Waals surface area contributed by atoms with Crippen LogP contribution in [0.2, 0.25) is 0 Å². The van der Waals surface area contributed by atoms with Crippen LogP contribution in [0.3, 0.4) is 0 Å². The molecule has 0 saturated heterocycles. The molecule has 0 aromatic heterocycles. The first-order chi connectivity index (χ1) is 7.54. The van der Waals surface area contributed by atoms with Crippen molar-refractivity contribution in [1.29, 1.82) is 0 Å². The predicted octanol–water partition coefficient (Wildman–Crippen LogP) is 0.529. The number of nitrogens with one attached hydrogen (secondary N) is 1. The molecule has 0 radical (unpaired) electrons. The molecule has 0 spiro atoms. The standard InChI is InChI=1S/C11H18N2O2S/c1-16(14,15)11-5-3-10(4-6-11)9-13-8-2-7-12/h3-6,13H,2,7-9,12H2,1H3. The number of benzene rings is 1. The van der Waals surface area contributed by atoms with E-state index >= 15 is 0 Å². The number of nitrogens with two attached hydrogens (primary N) is 1. The first kappa shape index (κ1) is 13.2. The molecule has 0 aliphatic rings. The molecule has 0 unspecified atom stereocenters. The van der Waals surface area contributed by atoms with E-state index in [0.29, 0.717) is 11.4 Å². The van der Waals surface area contributed by atoms with E-state index in [2.05, 4.69) is 5.32 Å². The molecule has 1 rings (SSSR count). The summed E-state index contributed by atoms with van der Waals surface area (Å²) in [5.41, 5.74) is 6.44. The summed E-state index contributed by atoms with van der Waals surface area (Å²) in [5, 5.41) is 3.23. The number of hydrogen-bond donors (Lipinski definition) is 2. The Labute approximate surface area is 96.8 Å². The smallest absolute Gasteiger partial charge is 0.175 e. The summed E-state index contributed by atoms with van der Waals surface area (Å²) in [6, 6.07) is 6.92. The normalized spacial score (nSPS) is 11.6. The van der Waals surface area contributed by atoms with Crippen LogP contribution in [0.25, 0.3) is 0 Å². The van der Waals surface area contributed by atoms with Crippen LogP contribution in [-0.2, 0) is 16.4 Å². The van der Waals surface area contributed by atoms with Gasteiger partial charge in [0, 0.05) is 12.8 Å². The molecule has 0 amide bonds. The van der Waals surface area contributed by atoms with Crippen LogP contribution in [0, 0.1) is 0 Å². The van der Waals surface area contributed by atoms with E-state index in [1.54, 1.807) is 12.1 Å². The fourth-order valence-corrected chi connectivity index (χ4v) is 1.94. The summed E-state index contributed by atoms with van der Waals surface area (Å²) >= 11 is 0. The third kappa shape index (κ3) is 4.30. The summed E-state index contributed by atoms with van der Waals surface area (Å²) in [4.78, 5) is 0.359. The van der Waals surface area contributed by atoms with Crippen molar-refractivity contribution in [2.75, 3.05) is 19.3 Å².